The van der Waals surface area contributed by atoms with Crippen LogP contribution >= 0.6 is 11.6 Å². The maximum atomic E-state index is 13.5. The number of nitrogens with one attached hydrogen (secondary N) is 3. The van der Waals surface area contributed by atoms with Crippen LogP contribution in [0.25, 0.3) is 0 Å². The SMILES string of the molecule is Cc1cc(NC(=O)[C@@H](CCCNC(N)=O)C(=O)[C@@H](NC(=O)OC(C)(C)C)C(C)C)ccc1CCl. The van der Waals surface area contributed by atoms with E-state index in [1.807, 2.05) is 13.0 Å². The van der Waals surface area contributed by atoms with Crippen molar-refractivity contribution >= 4 is 41.1 Å². The maximum absolute atomic E-state index is 13.5. The number of benzene rings is 1. The number of amides is 4. The predicted octanol–water partition coefficient (Wildman–Crippen LogP) is 3.86. The number of alkyl halides is 1. The molecule has 0 aliphatic rings. The average Bonchev–Trinajstić information content (AvgIpc) is 2.70. The van der Waals surface area contributed by atoms with Crippen LogP contribution in [0.2, 0.25) is 0 Å². The van der Waals surface area contributed by atoms with E-state index < -0.39 is 41.4 Å². The van der Waals surface area contributed by atoms with Crippen molar-refractivity contribution in [1.29, 1.82) is 0 Å². The molecule has 0 heterocycles. The molecule has 5 N–H and O–H groups in total. The number of urea groups is 1. The number of rotatable bonds is 11. The van der Waals surface area contributed by atoms with E-state index in [2.05, 4.69) is 16.0 Å². The average molecular weight is 497 g/mol. The lowest BCUT2D eigenvalue weighted by Crippen LogP contribution is -2.50. The minimum atomic E-state index is -1.06. The Hall–Kier alpha value is -2.81. The molecule has 0 unspecified atom stereocenters. The van der Waals surface area contributed by atoms with Gasteiger partial charge in [-0.05, 0) is 69.7 Å². The molecule has 10 heteroatoms. The lowest BCUT2D eigenvalue weighted by Gasteiger charge is -2.27. The summed E-state index contributed by atoms with van der Waals surface area (Å²) in [6.45, 7) is 10.8. The molecule has 2 atom stereocenters. The molecule has 190 valence electrons. The van der Waals surface area contributed by atoms with E-state index in [4.69, 9.17) is 22.1 Å². The van der Waals surface area contributed by atoms with Crippen molar-refractivity contribution in [2.45, 2.75) is 71.9 Å². The number of halogens is 1. The summed E-state index contributed by atoms with van der Waals surface area (Å²) < 4.78 is 5.29. The number of nitrogens with two attached hydrogens (primary N) is 1. The molecule has 0 fully saturated rings. The van der Waals surface area contributed by atoms with Crippen LogP contribution in [0.15, 0.2) is 18.2 Å². The van der Waals surface area contributed by atoms with Crippen molar-refractivity contribution in [3.8, 4) is 0 Å². The van der Waals surface area contributed by atoms with Gasteiger partial charge >= 0.3 is 12.1 Å². The Balaban J connectivity index is 3.09. The Morgan fingerprint density at radius 2 is 1.79 bits per heavy atom. The lowest BCUT2D eigenvalue weighted by atomic mass is 9.87. The number of hydrogen-bond donors (Lipinski definition) is 4. The van der Waals surface area contributed by atoms with Crippen LogP contribution in [-0.4, -0.2) is 42.0 Å². The monoisotopic (exact) mass is 496 g/mol. The summed E-state index contributed by atoms with van der Waals surface area (Å²) in [5.74, 6) is -1.94. The van der Waals surface area contributed by atoms with Gasteiger partial charge in [0.1, 0.15) is 5.60 Å². The smallest absolute Gasteiger partial charge is 0.408 e. The van der Waals surface area contributed by atoms with Crippen LogP contribution in [0.4, 0.5) is 15.3 Å². The zero-order valence-electron chi connectivity index (χ0n) is 20.8. The normalized spacial score (nSPS) is 13.1. The van der Waals surface area contributed by atoms with Crippen molar-refractivity contribution in [2.75, 3.05) is 11.9 Å². The number of carbonyl (C=O) groups excluding carboxylic acids is 4. The second-order valence-corrected chi connectivity index (χ2v) is 9.79. The van der Waals surface area contributed by atoms with Crippen molar-refractivity contribution in [1.82, 2.24) is 10.6 Å². The summed E-state index contributed by atoms with van der Waals surface area (Å²) in [5, 5.41) is 7.85. The highest BCUT2D eigenvalue weighted by atomic mass is 35.5. The number of Topliss-reactive ketones (excluding diaryl/α,β-unsaturated/α-hetero) is 1. The molecule has 0 bridgehead atoms. The molecule has 0 saturated heterocycles. The van der Waals surface area contributed by atoms with Crippen molar-refractivity contribution in [2.24, 2.45) is 17.6 Å². The maximum Gasteiger partial charge on any atom is 0.408 e. The van der Waals surface area contributed by atoms with Crippen molar-refractivity contribution < 1.29 is 23.9 Å². The predicted molar refractivity (Wildman–Crippen MR) is 133 cm³/mol. The van der Waals surface area contributed by atoms with Crippen molar-refractivity contribution in [3.63, 3.8) is 0 Å². The molecular weight excluding hydrogens is 460 g/mol. The highest BCUT2D eigenvalue weighted by Crippen LogP contribution is 2.21. The van der Waals surface area contributed by atoms with Gasteiger partial charge in [0.15, 0.2) is 5.78 Å². The number of aryl methyl sites for hydroxylation is 1. The molecule has 0 spiro atoms. The lowest BCUT2D eigenvalue weighted by molar-refractivity contribution is -0.133. The van der Waals surface area contributed by atoms with Gasteiger partial charge in [-0.15, -0.1) is 11.6 Å². The third-order valence-electron chi connectivity index (χ3n) is 5.03. The van der Waals surface area contributed by atoms with Crippen LogP contribution in [-0.2, 0) is 20.2 Å². The fourth-order valence-electron chi connectivity index (χ4n) is 3.29. The first-order valence-electron chi connectivity index (χ1n) is 11.3. The fourth-order valence-corrected chi connectivity index (χ4v) is 3.59. The van der Waals surface area contributed by atoms with Gasteiger partial charge in [-0.2, -0.15) is 0 Å². The summed E-state index contributed by atoms with van der Waals surface area (Å²) in [7, 11) is 0. The molecule has 0 saturated carbocycles. The van der Waals surface area contributed by atoms with E-state index in [0.29, 0.717) is 18.0 Å². The van der Waals surface area contributed by atoms with E-state index in [1.165, 1.54) is 0 Å². The Bertz CT molecular complexity index is 883. The molecule has 34 heavy (non-hydrogen) atoms. The van der Waals surface area contributed by atoms with Crippen molar-refractivity contribution in [3.05, 3.63) is 29.3 Å². The third-order valence-corrected chi connectivity index (χ3v) is 5.32. The van der Waals surface area contributed by atoms with Crippen LogP contribution in [0, 0.1) is 18.8 Å². The molecule has 4 amide bonds. The highest BCUT2D eigenvalue weighted by molar-refractivity contribution is 6.17. The van der Waals surface area contributed by atoms with Gasteiger partial charge in [-0.25, -0.2) is 9.59 Å². The van der Waals surface area contributed by atoms with Gasteiger partial charge in [0.2, 0.25) is 5.91 Å². The Morgan fingerprint density at radius 1 is 1.15 bits per heavy atom. The van der Waals surface area contributed by atoms with Gasteiger partial charge in [-0.3, -0.25) is 9.59 Å². The molecule has 9 nitrogen and oxygen atoms in total. The third kappa shape index (κ3) is 9.99. The molecular formula is C24H37ClN4O5. The summed E-state index contributed by atoms with van der Waals surface area (Å²) >= 11 is 5.91. The van der Waals surface area contributed by atoms with Gasteiger partial charge < -0.3 is 26.4 Å². The second-order valence-electron chi connectivity index (χ2n) is 9.52. The minimum Gasteiger partial charge on any atom is -0.444 e. The largest absolute Gasteiger partial charge is 0.444 e. The van der Waals surface area contributed by atoms with E-state index in [9.17, 15) is 19.2 Å². The number of ether oxygens (including phenoxy) is 1. The number of ketones is 1. The summed E-state index contributed by atoms with van der Waals surface area (Å²) in [4.78, 5) is 49.9. The Labute approximate surface area is 206 Å². The van der Waals surface area contributed by atoms with Gasteiger partial charge in [-0.1, -0.05) is 19.9 Å². The van der Waals surface area contributed by atoms with Crippen LogP contribution in [0.3, 0.4) is 0 Å². The number of carbonyl (C=O) groups is 4. The standard InChI is InChI=1S/C24H37ClN4O5/c1-14(2)19(29-23(33)34-24(4,5)6)20(30)18(8-7-11-27-22(26)32)21(31)28-17-10-9-16(13-25)15(3)12-17/h9-10,12,14,18-19H,7-8,11,13H2,1-6H3,(H,28,31)(H,29,33)(H3,26,27,32)/t18-,19-/m0/s1. The zero-order valence-corrected chi connectivity index (χ0v) is 21.5. The van der Waals surface area contributed by atoms with Crippen LogP contribution in [0.5, 0.6) is 0 Å². The van der Waals surface area contributed by atoms with E-state index in [-0.39, 0.29) is 18.9 Å². The molecule has 0 aliphatic heterocycles. The molecule has 0 aromatic heterocycles. The number of anilines is 1. The first-order chi connectivity index (χ1) is 15.7. The van der Waals surface area contributed by atoms with Gasteiger partial charge in [0, 0.05) is 18.1 Å². The molecule has 0 radical (unpaired) electrons. The second kappa shape index (κ2) is 13.2. The first-order valence-corrected chi connectivity index (χ1v) is 11.8. The summed E-state index contributed by atoms with van der Waals surface area (Å²) in [6.07, 6.45) is -0.238. The summed E-state index contributed by atoms with van der Waals surface area (Å²) in [5.41, 5.74) is 6.74. The zero-order chi connectivity index (χ0) is 26.1. The number of primary amides is 1. The Morgan fingerprint density at radius 3 is 2.29 bits per heavy atom. The number of alkyl carbamates (subject to hydrolysis) is 1. The topological polar surface area (TPSA) is 140 Å². The summed E-state index contributed by atoms with van der Waals surface area (Å²) in [6, 6.07) is 3.69. The van der Waals surface area contributed by atoms with Gasteiger partial charge in [0.05, 0.1) is 12.0 Å². The van der Waals surface area contributed by atoms with E-state index in [0.717, 1.165) is 11.1 Å². The molecule has 0 aliphatic carbocycles. The first kappa shape index (κ1) is 29.2. The highest BCUT2D eigenvalue weighted by Gasteiger charge is 2.35. The van der Waals surface area contributed by atoms with Crippen LogP contribution in [0.1, 0.15) is 58.6 Å². The number of hydrogen-bond acceptors (Lipinski definition) is 5. The fraction of sp³-hybridized carbons (Fsp3) is 0.583. The molecule has 1 rings (SSSR count). The van der Waals surface area contributed by atoms with E-state index in [1.54, 1.807) is 46.8 Å². The molecule has 1 aromatic carbocycles. The van der Waals surface area contributed by atoms with E-state index >= 15 is 0 Å². The van der Waals surface area contributed by atoms with Crippen LogP contribution < -0.4 is 21.7 Å². The quantitative estimate of drug-likeness (QED) is 0.209. The minimum absolute atomic E-state index is 0.156. The molecule has 1 aromatic rings. The van der Waals surface area contributed by atoms with Gasteiger partial charge in [0.25, 0.3) is 0 Å². The Kier molecular flexibility index (Phi) is 11.3.